The van der Waals surface area contributed by atoms with Crippen LogP contribution in [-0.2, 0) is 15.9 Å². The Morgan fingerprint density at radius 3 is 2.47 bits per heavy atom. The van der Waals surface area contributed by atoms with Gasteiger partial charge in [-0.1, -0.05) is 24.3 Å². The molecule has 0 bridgehead atoms. The molecule has 0 aliphatic carbocycles. The minimum Gasteiger partial charge on any atom is -0.495 e. The summed E-state index contributed by atoms with van der Waals surface area (Å²) in [5.41, 5.74) is 3.22. The van der Waals surface area contributed by atoms with Crippen LogP contribution in [0.3, 0.4) is 0 Å². The van der Waals surface area contributed by atoms with Gasteiger partial charge in [0.05, 0.1) is 24.1 Å². The van der Waals surface area contributed by atoms with Crippen molar-refractivity contribution in [3.8, 4) is 5.75 Å². The van der Waals surface area contributed by atoms with Gasteiger partial charge in [0.15, 0.2) is 0 Å². The van der Waals surface area contributed by atoms with Crippen molar-refractivity contribution in [2.75, 3.05) is 25.5 Å². The maximum absolute atomic E-state index is 12.8. The van der Waals surface area contributed by atoms with Gasteiger partial charge in [-0.3, -0.25) is 15.6 Å². The van der Waals surface area contributed by atoms with Crippen LogP contribution < -0.4 is 15.5 Å². The van der Waals surface area contributed by atoms with E-state index in [9.17, 15) is 18.0 Å². The van der Waals surface area contributed by atoms with Crippen LogP contribution in [0.25, 0.3) is 5.70 Å². The molecular weight excluding hydrogens is 427 g/mol. The van der Waals surface area contributed by atoms with E-state index in [0.29, 0.717) is 48.6 Å². The number of hydrogen-bond acceptors (Lipinski definition) is 6. The predicted molar refractivity (Wildman–Crippen MR) is 110 cm³/mol. The van der Waals surface area contributed by atoms with E-state index in [1.54, 1.807) is 29.3 Å². The zero-order valence-corrected chi connectivity index (χ0v) is 17.2. The van der Waals surface area contributed by atoms with Gasteiger partial charge < -0.3 is 9.57 Å². The topological polar surface area (TPSA) is 72.1 Å². The molecule has 1 spiro atoms. The molecule has 0 aromatic heterocycles. The number of anilines is 1. The average molecular weight is 449 g/mol. The number of ether oxygens (including phenoxy) is 1. The first kappa shape index (κ1) is 22.0. The van der Waals surface area contributed by atoms with Gasteiger partial charge in [0.1, 0.15) is 11.4 Å². The zero-order chi connectivity index (χ0) is 22.8. The lowest BCUT2D eigenvalue weighted by molar-refractivity contribution is -0.153. The summed E-state index contributed by atoms with van der Waals surface area (Å²) in [5, 5.41) is 4.19. The van der Waals surface area contributed by atoms with Gasteiger partial charge in [-0.05, 0) is 48.7 Å². The molecule has 0 unspecified atom stereocenters. The molecule has 170 valence electrons. The number of para-hydroxylation sites is 2. The molecule has 0 radical (unpaired) electrons. The van der Waals surface area contributed by atoms with Crippen LogP contribution in [0.2, 0.25) is 0 Å². The first-order chi connectivity index (χ1) is 15.3. The normalized spacial score (nSPS) is 18.1. The number of nitrogens with one attached hydrogen (secondary N) is 2. The Morgan fingerprint density at radius 1 is 1.12 bits per heavy atom. The lowest BCUT2D eigenvalue weighted by atomic mass is 9.91. The Kier molecular flexibility index (Phi) is 5.98. The molecule has 2 aliphatic heterocycles. The fourth-order valence-corrected chi connectivity index (χ4v) is 3.66. The summed E-state index contributed by atoms with van der Waals surface area (Å²) >= 11 is 0. The third-order valence-corrected chi connectivity index (χ3v) is 5.42. The number of piperidine rings is 1. The Labute approximate surface area is 182 Å². The molecule has 2 aliphatic rings. The molecular formula is C22H22F3N3O4. The molecule has 1 fully saturated rings. The van der Waals surface area contributed by atoms with E-state index in [4.69, 9.17) is 14.4 Å². The molecule has 0 saturated carbocycles. The second-order valence-electron chi connectivity index (χ2n) is 7.54. The van der Waals surface area contributed by atoms with E-state index in [1.165, 1.54) is 19.2 Å². The lowest BCUT2D eigenvalue weighted by Gasteiger charge is -2.35. The second-order valence-corrected chi connectivity index (χ2v) is 7.54. The molecule has 2 aromatic rings. The van der Waals surface area contributed by atoms with Crippen molar-refractivity contribution < 1.29 is 32.4 Å². The second kappa shape index (κ2) is 8.71. The lowest BCUT2D eigenvalue weighted by Crippen LogP contribution is -2.45. The maximum Gasteiger partial charge on any atom is 0.430 e. The van der Waals surface area contributed by atoms with Crippen LogP contribution >= 0.6 is 0 Å². The van der Waals surface area contributed by atoms with E-state index >= 15 is 0 Å². The summed E-state index contributed by atoms with van der Waals surface area (Å²) in [7, 11) is 1.51. The van der Waals surface area contributed by atoms with E-state index in [-0.39, 0.29) is 0 Å². The average Bonchev–Trinajstić information content (AvgIpc) is 3.19. The Bertz CT molecular complexity index is 1000. The molecule has 0 atom stereocenters. The summed E-state index contributed by atoms with van der Waals surface area (Å²) in [6.45, 7) is 0.857. The molecule has 2 aromatic carbocycles. The van der Waals surface area contributed by atoms with Gasteiger partial charge in [0.25, 0.3) is 0 Å². The van der Waals surface area contributed by atoms with Gasteiger partial charge in [0.2, 0.25) is 0 Å². The number of rotatable bonds is 4. The highest BCUT2D eigenvalue weighted by atomic mass is 19.4. The number of methoxy groups -OCH3 is 1. The van der Waals surface area contributed by atoms with Crippen molar-refractivity contribution in [2.45, 2.75) is 24.6 Å². The van der Waals surface area contributed by atoms with Crippen LogP contribution in [0.1, 0.15) is 24.0 Å². The number of alkyl halides is 3. The molecule has 1 saturated heterocycles. The first-order valence-corrected chi connectivity index (χ1v) is 9.99. The van der Waals surface area contributed by atoms with Crippen LogP contribution in [-0.4, -0.2) is 37.0 Å². The summed E-state index contributed by atoms with van der Waals surface area (Å²) in [5.74, 6) is 0.522. The number of hydrogen-bond donors (Lipinski definition) is 2. The van der Waals surface area contributed by atoms with Crippen molar-refractivity contribution in [2.24, 2.45) is 0 Å². The number of carbonyl (C=O) groups excluding carboxylic acids is 1. The number of halogens is 3. The summed E-state index contributed by atoms with van der Waals surface area (Å²) in [6, 6.07) is 11.9. The molecule has 7 nitrogen and oxygen atoms in total. The quantitative estimate of drug-likeness (QED) is 0.712. The minimum atomic E-state index is -4.38. The third kappa shape index (κ3) is 4.81. The molecule has 4 rings (SSSR count). The highest BCUT2D eigenvalue weighted by Crippen LogP contribution is 2.36. The highest BCUT2D eigenvalue weighted by molar-refractivity contribution is 5.86. The Balaban J connectivity index is 1.33. The van der Waals surface area contributed by atoms with Crippen LogP contribution in [0, 0.1) is 0 Å². The number of amides is 1. The molecule has 10 heteroatoms. The van der Waals surface area contributed by atoms with Gasteiger partial charge in [-0.2, -0.15) is 13.2 Å². The molecule has 2 N–H and O–H groups in total. The fraction of sp³-hybridized carbons (Fsp3) is 0.318. The van der Waals surface area contributed by atoms with E-state index in [0.717, 1.165) is 12.1 Å². The molecule has 2 heterocycles. The van der Waals surface area contributed by atoms with Crippen molar-refractivity contribution >= 4 is 17.5 Å². The summed E-state index contributed by atoms with van der Waals surface area (Å²) in [6.07, 6.45) is -2.06. The fourth-order valence-electron chi connectivity index (χ4n) is 3.66. The minimum absolute atomic E-state index is 0.428. The van der Waals surface area contributed by atoms with E-state index in [2.05, 4.69) is 10.8 Å². The zero-order valence-electron chi connectivity index (χ0n) is 17.2. The van der Waals surface area contributed by atoms with E-state index in [1.807, 2.05) is 6.08 Å². The van der Waals surface area contributed by atoms with Crippen molar-refractivity contribution in [1.82, 2.24) is 10.5 Å². The molecule has 1 amide bonds. The first-order valence-electron chi connectivity index (χ1n) is 9.99. The molecule has 32 heavy (non-hydrogen) atoms. The summed E-state index contributed by atoms with van der Waals surface area (Å²) in [4.78, 5) is 23.4. The van der Waals surface area contributed by atoms with Crippen molar-refractivity contribution in [3.05, 3.63) is 65.7 Å². The van der Waals surface area contributed by atoms with Gasteiger partial charge in [-0.15, -0.1) is 5.06 Å². The van der Waals surface area contributed by atoms with Crippen molar-refractivity contribution in [1.29, 1.82) is 0 Å². The number of nitrogens with zero attached hydrogens (tertiary/aromatic N) is 1. The predicted octanol–water partition coefficient (Wildman–Crippen LogP) is 4.59. The number of carbonyl (C=O) groups is 1. The Hall–Kier alpha value is -3.24. The Morgan fingerprint density at radius 2 is 1.81 bits per heavy atom. The number of hydroxylamine groups is 3. The van der Waals surface area contributed by atoms with Crippen LogP contribution in [0.5, 0.6) is 5.75 Å². The maximum atomic E-state index is 12.8. The van der Waals surface area contributed by atoms with Crippen molar-refractivity contribution in [3.63, 3.8) is 0 Å². The monoisotopic (exact) mass is 449 g/mol. The van der Waals surface area contributed by atoms with Crippen LogP contribution in [0.4, 0.5) is 23.7 Å². The largest absolute Gasteiger partial charge is 0.495 e. The standard InChI is InChI=1S/C22H22F3N3O4/c1-30-19-5-3-2-4-17(19)26-20(29)31-28-12-10-21(11-13-28)14-18(27-32-21)15-6-8-16(9-7-15)22(23,24)25/h2-9,14,27H,10-13H2,1H3,(H,26,29). The highest BCUT2D eigenvalue weighted by Gasteiger charge is 2.40. The summed E-state index contributed by atoms with van der Waals surface area (Å²) < 4.78 is 43.5. The smallest absolute Gasteiger partial charge is 0.430 e. The number of benzene rings is 2. The van der Waals surface area contributed by atoms with Gasteiger partial charge in [0, 0.05) is 13.1 Å². The van der Waals surface area contributed by atoms with Gasteiger partial charge in [-0.25, -0.2) is 4.79 Å². The van der Waals surface area contributed by atoms with Crippen LogP contribution in [0.15, 0.2) is 54.6 Å². The van der Waals surface area contributed by atoms with Gasteiger partial charge >= 0.3 is 12.3 Å². The van der Waals surface area contributed by atoms with E-state index < -0.39 is 23.4 Å². The SMILES string of the molecule is COc1ccccc1NC(=O)ON1CCC2(C=C(c3ccc(C(F)(F)F)cc3)NO2)CC1. The third-order valence-electron chi connectivity index (χ3n) is 5.42.